The van der Waals surface area contributed by atoms with Gasteiger partial charge in [0.2, 0.25) is 0 Å². The number of amides is 1. The second-order valence-electron chi connectivity index (χ2n) is 7.27. The zero-order valence-corrected chi connectivity index (χ0v) is 16.6. The predicted octanol–water partition coefficient (Wildman–Crippen LogP) is 2.89. The Morgan fingerprint density at radius 3 is 2.35 bits per heavy atom. The summed E-state index contributed by atoms with van der Waals surface area (Å²) in [5, 5.41) is 32.1. The number of hydrogen-bond donors (Lipinski definition) is 3. The quantitative estimate of drug-likeness (QED) is 0.570. The van der Waals surface area contributed by atoms with Crippen molar-refractivity contribution in [3.05, 3.63) is 89.2 Å². The lowest BCUT2D eigenvalue weighted by Gasteiger charge is -2.19. The summed E-state index contributed by atoms with van der Waals surface area (Å²) in [6.07, 6.45) is -1.95. The van der Waals surface area contributed by atoms with Crippen molar-refractivity contribution in [2.75, 3.05) is 13.2 Å². The minimum atomic E-state index is -1.36. The van der Waals surface area contributed by atoms with Crippen molar-refractivity contribution in [3.8, 4) is 17.2 Å². The summed E-state index contributed by atoms with van der Waals surface area (Å²) in [4.78, 5) is 16.1. The minimum Gasteiger partial charge on any atom is -0.449 e. The zero-order chi connectivity index (χ0) is 21.8. The monoisotopic (exact) mass is 415 g/mol. The van der Waals surface area contributed by atoms with E-state index in [9.17, 15) is 15.0 Å². The molecule has 1 aromatic heterocycles. The maximum absolute atomic E-state index is 12.2. The maximum atomic E-state index is 12.2. The molecule has 0 saturated heterocycles. The Labute approximate surface area is 179 Å². The average molecular weight is 415 g/mol. The average Bonchev–Trinajstić information content (AvgIpc) is 3.14. The van der Waals surface area contributed by atoms with Crippen molar-refractivity contribution in [1.29, 1.82) is 5.26 Å². The summed E-state index contributed by atoms with van der Waals surface area (Å²) in [6.45, 7) is -0.0860. The number of alkyl carbamates (subject to hydrolysis) is 1. The first-order valence-electron chi connectivity index (χ1n) is 9.90. The zero-order valence-electron chi connectivity index (χ0n) is 16.6. The molecule has 0 fully saturated rings. The van der Waals surface area contributed by atoms with Crippen molar-refractivity contribution in [1.82, 2.24) is 10.3 Å². The van der Waals surface area contributed by atoms with E-state index < -0.39 is 18.3 Å². The van der Waals surface area contributed by atoms with E-state index >= 15 is 0 Å². The van der Waals surface area contributed by atoms with Crippen LogP contribution < -0.4 is 5.32 Å². The first kappa shape index (κ1) is 20.5. The fourth-order valence-electron chi connectivity index (χ4n) is 3.91. The molecule has 0 aliphatic heterocycles. The molecule has 2 aromatic carbocycles. The number of pyridine rings is 1. The van der Waals surface area contributed by atoms with Gasteiger partial charge in [0.15, 0.2) is 0 Å². The van der Waals surface area contributed by atoms with Gasteiger partial charge in [-0.1, -0.05) is 54.6 Å². The Hall–Kier alpha value is -3.73. The predicted molar refractivity (Wildman–Crippen MR) is 113 cm³/mol. The van der Waals surface area contributed by atoms with Gasteiger partial charge in [-0.2, -0.15) is 5.26 Å². The molecule has 1 aliphatic carbocycles. The number of aliphatic hydroxyl groups is 2. The molecule has 2 atom stereocenters. The fraction of sp³-hybridized carbons (Fsp3) is 0.208. The maximum Gasteiger partial charge on any atom is 0.407 e. The second kappa shape index (κ2) is 8.96. The van der Waals surface area contributed by atoms with Crippen molar-refractivity contribution in [2.24, 2.45) is 0 Å². The first-order valence-corrected chi connectivity index (χ1v) is 9.90. The largest absolute Gasteiger partial charge is 0.449 e. The van der Waals surface area contributed by atoms with Gasteiger partial charge in [-0.15, -0.1) is 0 Å². The number of fused-ring (bicyclic) bond motifs is 3. The summed E-state index contributed by atoms with van der Waals surface area (Å²) in [5.41, 5.74) is 4.70. The number of aliphatic hydroxyl groups excluding tert-OH is 2. The number of aromatic nitrogens is 1. The van der Waals surface area contributed by atoms with Crippen LogP contribution in [0.4, 0.5) is 4.79 Å². The van der Waals surface area contributed by atoms with Crippen LogP contribution in [0, 0.1) is 11.3 Å². The summed E-state index contributed by atoms with van der Waals surface area (Å²) in [7, 11) is 0. The lowest BCUT2D eigenvalue weighted by molar-refractivity contribution is 0.0182. The third-order valence-electron chi connectivity index (χ3n) is 5.43. The van der Waals surface area contributed by atoms with E-state index in [0.717, 1.165) is 22.3 Å². The van der Waals surface area contributed by atoms with Crippen LogP contribution in [0.1, 0.15) is 34.4 Å². The molecular weight excluding hydrogens is 394 g/mol. The number of nitrogens with zero attached hydrogens (tertiary/aromatic N) is 2. The number of rotatable bonds is 6. The molecule has 1 aliphatic rings. The van der Waals surface area contributed by atoms with Crippen LogP contribution in [0.5, 0.6) is 0 Å². The van der Waals surface area contributed by atoms with Gasteiger partial charge in [0.05, 0.1) is 0 Å². The van der Waals surface area contributed by atoms with Gasteiger partial charge < -0.3 is 20.3 Å². The third-order valence-corrected chi connectivity index (χ3v) is 5.43. The van der Waals surface area contributed by atoms with Crippen molar-refractivity contribution < 1.29 is 19.7 Å². The molecular formula is C24H21N3O4. The molecule has 1 amide bonds. The van der Waals surface area contributed by atoms with E-state index in [1.165, 1.54) is 12.3 Å². The van der Waals surface area contributed by atoms with Crippen LogP contribution in [-0.4, -0.2) is 40.5 Å². The van der Waals surface area contributed by atoms with E-state index in [4.69, 9.17) is 10.00 Å². The standard InChI is InChI=1S/C24H21N3O4/c25-12-21-19(10-5-11-26-21)23(29)22(28)13-27-24(30)31-14-20-17-8-3-1-6-15(17)16-7-2-4-9-18(16)20/h1-11,20,22-23,28-29H,13-14H2,(H,27,30). The molecule has 31 heavy (non-hydrogen) atoms. The Morgan fingerprint density at radius 2 is 1.71 bits per heavy atom. The minimum absolute atomic E-state index is 0.0233. The smallest absolute Gasteiger partial charge is 0.407 e. The van der Waals surface area contributed by atoms with Crippen LogP contribution in [0.2, 0.25) is 0 Å². The van der Waals surface area contributed by atoms with Gasteiger partial charge >= 0.3 is 6.09 Å². The summed E-state index contributed by atoms with van der Waals surface area (Å²) in [5.74, 6) is -0.0674. The van der Waals surface area contributed by atoms with Gasteiger partial charge in [0.1, 0.15) is 30.6 Å². The highest BCUT2D eigenvalue weighted by molar-refractivity contribution is 5.79. The molecule has 3 aromatic rings. The number of benzene rings is 2. The SMILES string of the molecule is N#Cc1ncccc1C(O)C(O)CNC(=O)OCC1c2ccccc2-c2ccccc21. The van der Waals surface area contributed by atoms with E-state index in [1.54, 1.807) is 6.07 Å². The molecule has 0 radical (unpaired) electrons. The molecule has 0 spiro atoms. The Morgan fingerprint density at radius 1 is 1.06 bits per heavy atom. The molecule has 156 valence electrons. The number of carbonyl (C=O) groups excluding carboxylic acids is 1. The number of nitriles is 1. The number of hydrogen-bond acceptors (Lipinski definition) is 6. The Kier molecular flexibility index (Phi) is 5.94. The van der Waals surface area contributed by atoms with E-state index in [1.807, 2.05) is 42.5 Å². The van der Waals surface area contributed by atoms with Gasteiger partial charge in [-0.05, 0) is 28.3 Å². The van der Waals surface area contributed by atoms with E-state index in [0.29, 0.717) is 0 Å². The summed E-state index contributed by atoms with van der Waals surface area (Å²) < 4.78 is 5.41. The molecule has 7 nitrogen and oxygen atoms in total. The van der Waals surface area contributed by atoms with E-state index in [-0.39, 0.29) is 30.3 Å². The lowest BCUT2D eigenvalue weighted by Crippen LogP contribution is -2.36. The lowest BCUT2D eigenvalue weighted by atomic mass is 9.98. The van der Waals surface area contributed by atoms with Crippen LogP contribution in [-0.2, 0) is 4.74 Å². The second-order valence-corrected chi connectivity index (χ2v) is 7.27. The van der Waals surface area contributed by atoms with Crippen molar-refractivity contribution in [2.45, 2.75) is 18.1 Å². The summed E-state index contributed by atoms with van der Waals surface area (Å²) in [6, 6.07) is 21.0. The van der Waals surface area contributed by atoms with Gasteiger partial charge in [0, 0.05) is 24.2 Å². The van der Waals surface area contributed by atoms with Gasteiger partial charge in [-0.3, -0.25) is 0 Å². The number of ether oxygens (including phenoxy) is 1. The highest BCUT2D eigenvalue weighted by Crippen LogP contribution is 2.44. The van der Waals surface area contributed by atoms with Gasteiger partial charge in [-0.25, -0.2) is 9.78 Å². The molecule has 0 saturated carbocycles. The number of nitrogens with one attached hydrogen (secondary N) is 1. The normalized spacial score (nSPS) is 14.1. The highest BCUT2D eigenvalue weighted by atomic mass is 16.5. The molecule has 0 bridgehead atoms. The molecule has 1 heterocycles. The topological polar surface area (TPSA) is 115 Å². The number of carbonyl (C=O) groups is 1. The van der Waals surface area contributed by atoms with Crippen LogP contribution >= 0.6 is 0 Å². The Bertz CT molecular complexity index is 1100. The molecule has 2 unspecified atom stereocenters. The van der Waals surface area contributed by atoms with Crippen LogP contribution in [0.25, 0.3) is 11.1 Å². The van der Waals surface area contributed by atoms with Crippen LogP contribution in [0.3, 0.4) is 0 Å². The molecule has 3 N–H and O–H groups in total. The van der Waals surface area contributed by atoms with Gasteiger partial charge in [0.25, 0.3) is 0 Å². The van der Waals surface area contributed by atoms with Crippen molar-refractivity contribution >= 4 is 6.09 Å². The molecule has 4 rings (SSSR count). The fourth-order valence-corrected chi connectivity index (χ4v) is 3.91. The Balaban J connectivity index is 1.35. The van der Waals surface area contributed by atoms with Crippen LogP contribution in [0.15, 0.2) is 66.9 Å². The first-order chi connectivity index (χ1) is 15.1. The highest BCUT2D eigenvalue weighted by Gasteiger charge is 2.29. The van der Waals surface area contributed by atoms with Crippen molar-refractivity contribution in [3.63, 3.8) is 0 Å². The molecule has 7 heteroatoms. The van der Waals surface area contributed by atoms with E-state index in [2.05, 4.69) is 22.4 Å². The summed E-state index contributed by atoms with van der Waals surface area (Å²) >= 11 is 0. The third kappa shape index (κ3) is 4.12.